The Kier molecular flexibility index (Phi) is 4.37. The molecule has 2 nitrogen and oxygen atoms in total. The molecule has 3 heteroatoms. The van der Waals surface area contributed by atoms with E-state index in [0.717, 1.165) is 11.1 Å². The first kappa shape index (κ1) is 13.4. The van der Waals surface area contributed by atoms with Gasteiger partial charge in [-0.15, -0.1) is 0 Å². The Bertz CT molecular complexity index is 591. The summed E-state index contributed by atoms with van der Waals surface area (Å²) in [6.45, 7) is 3.97. The summed E-state index contributed by atoms with van der Waals surface area (Å²) in [6.07, 6.45) is 1.65. The fourth-order valence-corrected chi connectivity index (χ4v) is 1.96. The number of hydrogen-bond acceptors (Lipinski definition) is 2. The van der Waals surface area contributed by atoms with Gasteiger partial charge in [0, 0.05) is 5.56 Å². The van der Waals surface area contributed by atoms with Crippen molar-refractivity contribution in [3.8, 4) is 16.9 Å². The quantitative estimate of drug-likeness (QED) is 0.599. The first-order valence-electron chi connectivity index (χ1n) is 5.85. The van der Waals surface area contributed by atoms with Gasteiger partial charge in [0.1, 0.15) is 12.4 Å². The van der Waals surface area contributed by atoms with E-state index in [0.29, 0.717) is 17.9 Å². The Labute approximate surface area is 117 Å². The summed E-state index contributed by atoms with van der Waals surface area (Å²) in [5.41, 5.74) is 2.18. The third kappa shape index (κ3) is 3.24. The largest absolute Gasteiger partial charge is 0.490 e. The van der Waals surface area contributed by atoms with Gasteiger partial charge >= 0.3 is 0 Å². The molecule has 0 saturated carbocycles. The second-order valence-electron chi connectivity index (χ2n) is 3.95. The van der Waals surface area contributed by atoms with Crippen molar-refractivity contribution in [2.45, 2.75) is 0 Å². The van der Waals surface area contributed by atoms with Crippen molar-refractivity contribution in [1.29, 1.82) is 0 Å². The van der Waals surface area contributed by atoms with Gasteiger partial charge in [-0.2, -0.15) is 0 Å². The SMILES string of the molecule is C=CCOc1ccc(-c2ccccc2)c(C(=O)Cl)c1. The van der Waals surface area contributed by atoms with Crippen LogP contribution in [-0.2, 0) is 0 Å². The van der Waals surface area contributed by atoms with Gasteiger partial charge in [-0.3, -0.25) is 4.79 Å². The average molecular weight is 273 g/mol. The number of hydrogen-bond donors (Lipinski definition) is 0. The molecule has 2 aromatic carbocycles. The average Bonchev–Trinajstić information content (AvgIpc) is 2.45. The number of halogens is 1. The van der Waals surface area contributed by atoms with Gasteiger partial charge in [0.2, 0.25) is 0 Å². The fourth-order valence-electron chi connectivity index (χ4n) is 1.80. The number of ether oxygens (including phenoxy) is 1. The molecule has 2 aromatic rings. The molecule has 0 saturated heterocycles. The van der Waals surface area contributed by atoms with Crippen LogP contribution in [0.5, 0.6) is 5.75 Å². The molecule has 96 valence electrons. The van der Waals surface area contributed by atoms with E-state index in [9.17, 15) is 4.79 Å². The minimum absolute atomic E-state index is 0.389. The summed E-state index contributed by atoms with van der Waals surface area (Å²) in [5, 5.41) is -0.497. The third-order valence-corrected chi connectivity index (χ3v) is 2.86. The second kappa shape index (κ2) is 6.21. The summed E-state index contributed by atoms with van der Waals surface area (Å²) in [4.78, 5) is 11.6. The van der Waals surface area contributed by atoms with E-state index in [1.54, 1.807) is 12.1 Å². The Morgan fingerprint density at radius 3 is 2.58 bits per heavy atom. The lowest BCUT2D eigenvalue weighted by Gasteiger charge is -2.09. The predicted molar refractivity (Wildman–Crippen MR) is 77.8 cm³/mol. The third-order valence-electron chi connectivity index (χ3n) is 2.66. The van der Waals surface area contributed by atoms with Crippen LogP contribution in [0.25, 0.3) is 11.1 Å². The molecule has 0 aliphatic heterocycles. The van der Waals surface area contributed by atoms with E-state index in [1.165, 1.54) is 0 Å². The highest BCUT2D eigenvalue weighted by Gasteiger charge is 2.12. The highest BCUT2D eigenvalue weighted by atomic mass is 35.5. The molecular weight excluding hydrogens is 260 g/mol. The Morgan fingerprint density at radius 2 is 1.95 bits per heavy atom. The molecule has 0 fully saturated rings. The van der Waals surface area contributed by atoms with Gasteiger partial charge in [-0.25, -0.2) is 0 Å². The maximum atomic E-state index is 11.6. The normalized spacial score (nSPS) is 9.95. The molecule has 0 radical (unpaired) electrons. The van der Waals surface area contributed by atoms with Crippen molar-refractivity contribution < 1.29 is 9.53 Å². The molecule has 0 amide bonds. The second-order valence-corrected chi connectivity index (χ2v) is 4.29. The Balaban J connectivity index is 2.44. The lowest BCUT2D eigenvalue weighted by atomic mass is 10.00. The summed E-state index contributed by atoms with van der Waals surface area (Å²) in [5.74, 6) is 0.601. The molecule has 0 unspecified atom stereocenters. The van der Waals surface area contributed by atoms with E-state index >= 15 is 0 Å². The van der Waals surface area contributed by atoms with Crippen LogP contribution in [0.15, 0.2) is 61.2 Å². The maximum Gasteiger partial charge on any atom is 0.253 e. The molecule has 0 aromatic heterocycles. The summed E-state index contributed by atoms with van der Waals surface area (Å²) >= 11 is 5.65. The lowest BCUT2D eigenvalue weighted by Crippen LogP contribution is -1.98. The van der Waals surface area contributed by atoms with Crippen LogP contribution in [0.2, 0.25) is 0 Å². The van der Waals surface area contributed by atoms with Gasteiger partial charge in [-0.1, -0.05) is 43.0 Å². The smallest absolute Gasteiger partial charge is 0.253 e. The molecule has 0 spiro atoms. The van der Waals surface area contributed by atoms with Gasteiger partial charge in [0.05, 0.1) is 0 Å². The van der Waals surface area contributed by atoms with Crippen LogP contribution in [0.3, 0.4) is 0 Å². The maximum absolute atomic E-state index is 11.6. The number of rotatable bonds is 5. The van der Waals surface area contributed by atoms with Crippen molar-refractivity contribution in [3.63, 3.8) is 0 Å². The van der Waals surface area contributed by atoms with Crippen LogP contribution in [0.1, 0.15) is 10.4 Å². The van der Waals surface area contributed by atoms with Gasteiger partial charge in [0.25, 0.3) is 5.24 Å². The minimum Gasteiger partial charge on any atom is -0.490 e. The predicted octanol–water partition coefficient (Wildman–Crippen LogP) is 4.30. The molecular formula is C16H13ClO2. The zero-order valence-electron chi connectivity index (χ0n) is 10.3. The number of benzene rings is 2. The van der Waals surface area contributed by atoms with Crippen LogP contribution in [0, 0.1) is 0 Å². The molecule has 0 bridgehead atoms. The summed E-state index contributed by atoms with van der Waals surface area (Å²) < 4.78 is 5.41. The molecule has 0 heterocycles. The van der Waals surface area contributed by atoms with Crippen LogP contribution >= 0.6 is 11.6 Å². The molecule has 0 aliphatic rings. The van der Waals surface area contributed by atoms with E-state index in [2.05, 4.69) is 6.58 Å². The topological polar surface area (TPSA) is 26.3 Å². The van der Waals surface area contributed by atoms with E-state index in [4.69, 9.17) is 16.3 Å². The zero-order valence-corrected chi connectivity index (χ0v) is 11.1. The zero-order chi connectivity index (χ0) is 13.7. The van der Waals surface area contributed by atoms with Gasteiger partial charge < -0.3 is 4.74 Å². The molecule has 0 atom stereocenters. The molecule has 0 aliphatic carbocycles. The van der Waals surface area contributed by atoms with E-state index in [-0.39, 0.29) is 0 Å². The minimum atomic E-state index is -0.497. The lowest BCUT2D eigenvalue weighted by molar-refractivity contribution is 0.108. The van der Waals surface area contributed by atoms with E-state index < -0.39 is 5.24 Å². The van der Waals surface area contributed by atoms with Crippen LogP contribution in [0.4, 0.5) is 0 Å². The fraction of sp³-hybridized carbons (Fsp3) is 0.0625. The van der Waals surface area contributed by atoms with Gasteiger partial charge in [0.15, 0.2) is 0 Å². The Hall–Kier alpha value is -2.06. The molecule has 0 N–H and O–H groups in total. The van der Waals surface area contributed by atoms with E-state index in [1.807, 2.05) is 42.5 Å². The monoisotopic (exact) mass is 272 g/mol. The number of carbonyl (C=O) groups excluding carboxylic acids is 1. The van der Waals surface area contributed by atoms with Crippen molar-refractivity contribution in [2.24, 2.45) is 0 Å². The van der Waals surface area contributed by atoms with Crippen molar-refractivity contribution in [3.05, 3.63) is 66.7 Å². The first-order chi connectivity index (χ1) is 9.22. The van der Waals surface area contributed by atoms with Gasteiger partial charge in [-0.05, 0) is 40.9 Å². The molecule has 19 heavy (non-hydrogen) atoms. The number of carbonyl (C=O) groups is 1. The summed E-state index contributed by atoms with van der Waals surface area (Å²) in [7, 11) is 0. The van der Waals surface area contributed by atoms with Crippen LogP contribution < -0.4 is 4.74 Å². The standard InChI is InChI=1S/C16H13ClO2/c1-2-10-19-13-8-9-14(15(11-13)16(17)18)12-6-4-3-5-7-12/h2-9,11H,1,10H2. The van der Waals surface area contributed by atoms with Crippen LogP contribution in [-0.4, -0.2) is 11.8 Å². The highest BCUT2D eigenvalue weighted by Crippen LogP contribution is 2.28. The first-order valence-corrected chi connectivity index (χ1v) is 6.23. The molecule has 2 rings (SSSR count). The van der Waals surface area contributed by atoms with Crippen molar-refractivity contribution in [1.82, 2.24) is 0 Å². The van der Waals surface area contributed by atoms with Crippen molar-refractivity contribution in [2.75, 3.05) is 6.61 Å². The Morgan fingerprint density at radius 1 is 1.21 bits per heavy atom. The highest BCUT2D eigenvalue weighted by molar-refractivity contribution is 6.68. The van der Waals surface area contributed by atoms with Crippen molar-refractivity contribution >= 4 is 16.8 Å². The summed E-state index contributed by atoms with van der Waals surface area (Å²) in [6, 6.07) is 14.9.